The average Bonchev–Trinajstić information content (AvgIpc) is 2.45. The predicted molar refractivity (Wildman–Crippen MR) is 84.9 cm³/mol. The Bertz CT molecular complexity index is 630. The van der Waals surface area contributed by atoms with E-state index in [1.54, 1.807) is 0 Å². The van der Waals surface area contributed by atoms with Crippen LogP contribution in [-0.2, 0) is 6.54 Å². The minimum Gasteiger partial charge on any atom is -0.371 e. The van der Waals surface area contributed by atoms with Gasteiger partial charge in [0, 0.05) is 36.7 Å². The monoisotopic (exact) mass is 334 g/mol. The van der Waals surface area contributed by atoms with Crippen LogP contribution in [0.2, 0.25) is 0 Å². The SMILES string of the molecule is CN1CCN(Cc2ccc(Br)cc2F)c2ccccc21. The molecule has 0 radical (unpaired) electrons. The van der Waals surface area contributed by atoms with E-state index in [1.165, 1.54) is 17.4 Å². The first kappa shape index (κ1) is 13.4. The number of benzene rings is 2. The summed E-state index contributed by atoms with van der Waals surface area (Å²) in [5, 5.41) is 0. The van der Waals surface area contributed by atoms with Crippen LogP contribution in [0.5, 0.6) is 0 Å². The number of fused-ring (bicyclic) bond motifs is 1. The molecule has 0 aromatic heterocycles. The van der Waals surface area contributed by atoms with Gasteiger partial charge < -0.3 is 9.80 Å². The largest absolute Gasteiger partial charge is 0.371 e. The fraction of sp³-hybridized carbons (Fsp3) is 0.250. The molecule has 1 aliphatic heterocycles. The third-order valence-corrected chi connectivity index (χ3v) is 4.21. The van der Waals surface area contributed by atoms with Gasteiger partial charge in [-0.1, -0.05) is 34.1 Å². The van der Waals surface area contributed by atoms with Crippen molar-refractivity contribution in [2.75, 3.05) is 29.9 Å². The van der Waals surface area contributed by atoms with Gasteiger partial charge in [-0.3, -0.25) is 0 Å². The molecule has 2 nitrogen and oxygen atoms in total. The van der Waals surface area contributed by atoms with E-state index in [4.69, 9.17) is 0 Å². The topological polar surface area (TPSA) is 6.48 Å². The number of para-hydroxylation sites is 2. The highest BCUT2D eigenvalue weighted by atomic mass is 79.9. The minimum atomic E-state index is -0.157. The summed E-state index contributed by atoms with van der Waals surface area (Å²) >= 11 is 3.29. The van der Waals surface area contributed by atoms with E-state index in [1.807, 2.05) is 24.3 Å². The third-order valence-electron chi connectivity index (χ3n) is 3.72. The van der Waals surface area contributed by atoms with Gasteiger partial charge in [-0.15, -0.1) is 0 Å². The van der Waals surface area contributed by atoms with Gasteiger partial charge in [-0.25, -0.2) is 4.39 Å². The molecule has 0 saturated carbocycles. The maximum absolute atomic E-state index is 14.0. The standard InChI is InChI=1S/C16H16BrFN2/c1-19-8-9-20(16-5-3-2-4-15(16)19)11-12-6-7-13(17)10-14(12)18/h2-7,10H,8-9,11H2,1H3. The molecule has 3 rings (SSSR count). The zero-order chi connectivity index (χ0) is 14.1. The molecule has 0 unspecified atom stereocenters. The van der Waals surface area contributed by atoms with E-state index < -0.39 is 0 Å². The zero-order valence-electron chi connectivity index (χ0n) is 11.3. The summed E-state index contributed by atoms with van der Waals surface area (Å²) in [5.74, 6) is -0.157. The highest BCUT2D eigenvalue weighted by Crippen LogP contribution is 2.33. The quantitative estimate of drug-likeness (QED) is 0.817. The van der Waals surface area contributed by atoms with Crippen molar-refractivity contribution in [3.05, 3.63) is 58.3 Å². The van der Waals surface area contributed by atoms with Gasteiger partial charge >= 0.3 is 0 Å². The van der Waals surface area contributed by atoms with Crippen molar-refractivity contribution < 1.29 is 4.39 Å². The molecule has 1 heterocycles. The normalized spacial score (nSPS) is 14.3. The number of rotatable bonds is 2. The Balaban J connectivity index is 1.90. The average molecular weight is 335 g/mol. The minimum absolute atomic E-state index is 0.157. The summed E-state index contributed by atoms with van der Waals surface area (Å²) in [7, 11) is 2.09. The van der Waals surface area contributed by atoms with E-state index in [0.717, 1.165) is 23.1 Å². The lowest BCUT2D eigenvalue weighted by atomic mass is 10.1. The Labute approximate surface area is 126 Å². The van der Waals surface area contributed by atoms with Crippen LogP contribution in [0.25, 0.3) is 0 Å². The van der Waals surface area contributed by atoms with Crippen LogP contribution < -0.4 is 9.80 Å². The van der Waals surface area contributed by atoms with Crippen molar-refractivity contribution in [1.29, 1.82) is 0 Å². The highest BCUT2D eigenvalue weighted by Gasteiger charge is 2.20. The fourth-order valence-corrected chi connectivity index (χ4v) is 2.92. The first-order valence-corrected chi connectivity index (χ1v) is 7.43. The molecule has 0 N–H and O–H groups in total. The van der Waals surface area contributed by atoms with Gasteiger partial charge in [0.25, 0.3) is 0 Å². The summed E-state index contributed by atoms with van der Waals surface area (Å²) in [6.07, 6.45) is 0. The number of anilines is 2. The Morgan fingerprint density at radius 2 is 1.85 bits per heavy atom. The number of halogens is 2. The molecule has 0 bridgehead atoms. The van der Waals surface area contributed by atoms with Crippen molar-refractivity contribution >= 4 is 27.3 Å². The molecular formula is C16H16BrFN2. The van der Waals surface area contributed by atoms with Crippen molar-refractivity contribution in [3.63, 3.8) is 0 Å². The van der Waals surface area contributed by atoms with Crippen LogP contribution in [0.4, 0.5) is 15.8 Å². The van der Waals surface area contributed by atoms with Crippen LogP contribution in [0.3, 0.4) is 0 Å². The number of likely N-dealkylation sites (N-methyl/N-ethyl adjacent to an activating group) is 1. The Hall–Kier alpha value is -1.55. The van der Waals surface area contributed by atoms with E-state index >= 15 is 0 Å². The molecule has 1 aliphatic rings. The van der Waals surface area contributed by atoms with Gasteiger partial charge in [0.15, 0.2) is 0 Å². The Morgan fingerprint density at radius 1 is 1.10 bits per heavy atom. The van der Waals surface area contributed by atoms with Gasteiger partial charge in [-0.05, 0) is 24.3 Å². The molecule has 0 amide bonds. The van der Waals surface area contributed by atoms with Crippen molar-refractivity contribution in [2.24, 2.45) is 0 Å². The van der Waals surface area contributed by atoms with Crippen LogP contribution in [0.15, 0.2) is 46.9 Å². The summed E-state index contributed by atoms with van der Waals surface area (Å²) in [6, 6.07) is 13.5. The smallest absolute Gasteiger partial charge is 0.129 e. The van der Waals surface area contributed by atoms with Crippen LogP contribution in [-0.4, -0.2) is 20.1 Å². The Morgan fingerprint density at radius 3 is 2.60 bits per heavy atom. The van der Waals surface area contributed by atoms with Gasteiger partial charge in [0.2, 0.25) is 0 Å². The van der Waals surface area contributed by atoms with E-state index in [2.05, 4.69) is 44.9 Å². The second-order valence-corrected chi connectivity index (χ2v) is 5.98. The second-order valence-electron chi connectivity index (χ2n) is 5.07. The lowest BCUT2D eigenvalue weighted by Gasteiger charge is -2.37. The number of hydrogen-bond acceptors (Lipinski definition) is 2. The van der Waals surface area contributed by atoms with Crippen molar-refractivity contribution in [2.45, 2.75) is 6.54 Å². The van der Waals surface area contributed by atoms with Gasteiger partial charge in [0.05, 0.1) is 11.4 Å². The molecule has 0 atom stereocenters. The van der Waals surface area contributed by atoms with E-state index in [0.29, 0.717) is 6.54 Å². The van der Waals surface area contributed by atoms with Crippen molar-refractivity contribution in [3.8, 4) is 0 Å². The fourth-order valence-electron chi connectivity index (χ4n) is 2.59. The molecule has 104 valence electrons. The van der Waals surface area contributed by atoms with Crippen LogP contribution >= 0.6 is 15.9 Å². The molecule has 20 heavy (non-hydrogen) atoms. The summed E-state index contributed by atoms with van der Waals surface area (Å²) < 4.78 is 14.8. The lowest BCUT2D eigenvalue weighted by Crippen LogP contribution is -2.38. The first-order valence-electron chi connectivity index (χ1n) is 6.64. The summed E-state index contributed by atoms with van der Waals surface area (Å²) in [6.45, 7) is 2.46. The number of nitrogens with zero attached hydrogens (tertiary/aromatic N) is 2. The molecule has 0 aliphatic carbocycles. The van der Waals surface area contributed by atoms with Crippen LogP contribution in [0.1, 0.15) is 5.56 Å². The second kappa shape index (κ2) is 5.44. The van der Waals surface area contributed by atoms with E-state index in [-0.39, 0.29) is 5.82 Å². The molecule has 0 spiro atoms. The van der Waals surface area contributed by atoms with Crippen molar-refractivity contribution in [1.82, 2.24) is 0 Å². The molecule has 4 heteroatoms. The third kappa shape index (κ3) is 2.52. The maximum Gasteiger partial charge on any atom is 0.129 e. The molecule has 2 aromatic rings. The number of hydrogen-bond donors (Lipinski definition) is 0. The molecule has 2 aromatic carbocycles. The molecule has 0 fully saturated rings. The molecular weight excluding hydrogens is 319 g/mol. The zero-order valence-corrected chi connectivity index (χ0v) is 12.9. The van der Waals surface area contributed by atoms with E-state index in [9.17, 15) is 4.39 Å². The summed E-state index contributed by atoms with van der Waals surface area (Å²) in [4.78, 5) is 4.48. The molecule has 0 saturated heterocycles. The van der Waals surface area contributed by atoms with Gasteiger partial charge in [0.1, 0.15) is 5.82 Å². The lowest BCUT2D eigenvalue weighted by molar-refractivity contribution is 0.601. The summed E-state index contributed by atoms with van der Waals surface area (Å²) in [5.41, 5.74) is 3.10. The Kier molecular flexibility index (Phi) is 3.66. The highest BCUT2D eigenvalue weighted by molar-refractivity contribution is 9.10. The maximum atomic E-state index is 14.0. The van der Waals surface area contributed by atoms with Gasteiger partial charge in [-0.2, -0.15) is 0 Å². The first-order chi connectivity index (χ1) is 9.65. The van der Waals surface area contributed by atoms with Crippen LogP contribution in [0, 0.1) is 5.82 Å². The predicted octanol–water partition coefficient (Wildman–Crippen LogP) is 4.04.